The molecule has 0 heterocycles. The molecule has 0 aliphatic heterocycles. The van der Waals surface area contributed by atoms with Crippen molar-refractivity contribution in [2.45, 2.75) is 19.4 Å². The molecule has 0 radical (unpaired) electrons. The van der Waals surface area contributed by atoms with E-state index < -0.39 is 0 Å². The van der Waals surface area contributed by atoms with Crippen molar-refractivity contribution in [3.05, 3.63) is 24.3 Å². The minimum Gasteiger partial charge on any atom is -0.399 e. The lowest BCUT2D eigenvalue weighted by molar-refractivity contribution is 0.703. The summed E-state index contributed by atoms with van der Waals surface area (Å²) in [6.45, 7) is 2.03. The van der Waals surface area contributed by atoms with Gasteiger partial charge >= 0.3 is 0 Å². The lowest BCUT2D eigenvalue weighted by Crippen LogP contribution is -2.28. The molecule has 1 unspecified atom stereocenters. The molecular weight excluding hydrogens is 174 g/mol. The van der Waals surface area contributed by atoms with Gasteiger partial charge < -0.3 is 10.6 Å². The molecule has 0 aliphatic rings. The Labute approximate surface area is 84.7 Å². The third kappa shape index (κ3) is 2.40. The highest BCUT2D eigenvalue weighted by atomic mass is 15.1. The van der Waals surface area contributed by atoms with Crippen LogP contribution < -0.4 is 10.6 Å². The number of anilines is 2. The van der Waals surface area contributed by atoms with Gasteiger partial charge in [0.2, 0.25) is 0 Å². The van der Waals surface area contributed by atoms with E-state index in [1.807, 2.05) is 38.2 Å². The fourth-order valence-electron chi connectivity index (χ4n) is 1.23. The highest BCUT2D eigenvalue weighted by molar-refractivity contribution is 5.53. The van der Waals surface area contributed by atoms with Gasteiger partial charge in [0.1, 0.15) is 0 Å². The van der Waals surface area contributed by atoms with Crippen molar-refractivity contribution >= 4 is 11.4 Å². The van der Waals surface area contributed by atoms with E-state index >= 15 is 0 Å². The fourth-order valence-corrected chi connectivity index (χ4v) is 1.23. The molecule has 1 atom stereocenters. The van der Waals surface area contributed by atoms with Crippen LogP contribution >= 0.6 is 0 Å². The van der Waals surface area contributed by atoms with E-state index in [2.05, 4.69) is 11.0 Å². The van der Waals surface area contributed by atoms with E-state index in [0.29, 0.717) is 6.42 Å². The van der Waals surface area contributed by atoms with Gasteiger partial charge in [0.05, 0.1) is 12.5 Å². The van der Waals surface area contributed by atoms with Crippen LogP contribution in [0.5, 0.6) is 0 Å². The Bertz CT molecular complexity index is 323. The van der Waals surface area contributed by atoms with Crippen LogP contribution in [0.25, 0.3) is 0 Å². The van der Waals surface area contributed by atoms with Crippen molar-refractivity contribution < 1.29 is 0 Å². The average Bonchev–Trinajstić information content (AvgIpc) is 2.18. The summed E-state index contributed by atoms with van der Waals surface area (Å²) in [6, 6.07) is 10.0. The van der Waals surface area contributed by atoms with Crippen LogP contribution in [0.15, 0.2) is 24.3 Å². The van der Waals surface area contributed by atoms with Gasteiger partial charge in [0.25, 0.3) is 0 Å². The summed E-state index contributed by atoms with van der Waals surface area (Å²) in [6.07, 6.45) is 0.529. The molecule has 2 N–H and O–H groups in total. The number of rotatable bonds is 3. The maximum atomic E-state index is 8.58. The minimum atomic E-state index is 0.226. The Kier molecular flexibility index (Phi) is 3.35. The second-order valence-electron chi connectivity index (χ2n) is 3.41. The SMILES string of the molecule is CC(CC#N)N(C)c1ccc(N)cc1. The number of nitrogens with two attached hydrogens (primary N) is 1. The Morgan fingerprint density at radius 1 is 1.43 bits per heavy atom. The first-order valence-electron chi connectivity index (χ1n) is 4.60. The number of nitriles is 1. The first-order valence-corrected chi connectivity index (χ1v) is 4.60. The van der Waals surface area contributed by atoms with Crippen LogP contribution in [0.4, 0.5) is 11.4 Å². The summed E-state index contributed by atoms with van der Waals surface area (Å²) in [7, 11) is 1.98. The van der Waals surface area contributed by atoms with Gasteiger partial charge in [-0.2, -0.15) is 5.26 Å². The summed E-state index contributed by atoms with van der Waals surface area (Å²) in [5.41, 5.74) is 7.44. The third-order valence-corrected chi connectivity index (χ3v) is 2.35. The van der Waals surface area contributed by atoms with Crippen molar-refractivity contribution in [3.8, 4) is 6.07 Å². The molecule has 0 aliphatic carbocycles. The van der Waals surface area contributed by atoms with Crippen LogP contribution in [-0.2, 0) is 0 Å². The molecular formula is C11H15N3. The van der Waals surface area contributed by atoms with E-state index in [1.54, 1.807) is 0 Å². The van der Waals surface area contributed by atoms with Crippen molar-refractivity contribution in [2.24, 2.45) is 0 Å². The molecule has 0 amide bonds. The highest BCUT2D eigenvalue weighted by Gasteiger charge is 2.08. The van der Waals surface area contributed by atoms with Crippen LogP contribution in [0.3, 0.4) is 0 Å². The Morgan fingerprint density at radius 2 is 2.00 bits per heavy atom. The number of benzene rings is 1. The van der Waals surface area contributed by atoms with Crippen LogP contribution in [-0.4, -0.2) is 13.1 Å². The smallest absolute Gasteiger partial charge is 0.0643 e. The normalized spacial score (nSPS) is 11.8. The van der Waals surface area contributed by atoms with Crippen LogP contribution in [0, 0.1) is 11.3 Å². The average molecular weight is 189 g/mol. The zero-order valence-corrected chi connectivity index (χ0v) is 8.57. The van der Waals surface area contributed by atoms with Gasteiger partial charge in [-0.15, -0.1) is 0 Å². The molecule has 0 spiro atoms. The maximum Gasteiger partial charge on any atom is 0.0643 e. The van der Waals surface area contributed by atoms with Gasteiger partial charge in [-0.05, 0) is 31.2 Å². The molecule has 1 aromatic rings. The van der Waals surface area contributed by atoms with Gasteiger partial charge in [0.15, 0.2) is 0 Å². The first kappa shape index (κ1) is 10.4. The maximum absolute atomic E-state index is 8.58. The topological polar surface area (TPSA) is 53.0 Å². The monoisotopic (exact) mass is 189 g/mol. The van der Waals surface area contributed by atoms with Gasteiger partial charge in [0, 0.05) is 24.5 Å². The van der Waals surface area contributed by atoms with Crippen molar-refractivity contribution in [1.82, 2.24) is 0 Å². The minimum absolute atomic E-state index is 0.226. The summed E-state index contributed by atoms with van der Waals surface area (Å²) < 4.78 is 0. The molecule has 3 heteroatoms. The zero-order chi connectivity index (χ0) is 10.6. The summed E-state index contributed by atoms with van der Waals surface area (Å²) in [4.78, 5) is 2.07. The van der Waals surface area contributed by atoms with Gasteiger partial charge in [-0.25, -0.2) is 0 Å². The van der Waals surface area contributed by atoms with Gasteiger partial charge in [-0.3, -0.25) is 0 Å². The van der Waals surface area contributed by atoms with Crippen LogP contribution in [0.1, 0.15) is 13.3 Å². The summed E-state index contributed by atoms with van der Waals surface area (Å²) in [5, 5.41) is 8.58. The summed E-state index contributed by atoms with van der Waals surface area (Å²) >= 11 is 0. The van der Waals surface area contributed by atoms with E-state index in [4.69, 9.17) is 11.0 Å². The van der Waals surface area contributed by atoms with E-state index in [-0.39, 0.29) is 6.04 Å². The number of nitrogens with zero attached hydrogens (tertiary/aromatic N) is 2. The van der Waals surface area contributed by atoms with E-state index in [0.717, 1.165) is 11.4 Å². The molecule has 14 heavy (non-hydrogen) atoms. The van der Waals surface area contributed by atoms with E-state index in [1.165, 1.54) is 0 Å². The molecule has 0 bridgehead atoms. The molecule has 0 fully saturated rings. The second kappa shape index (κ2) is 4.52. The van der Waals surface area contributed by atoms with Crippen LogP contribution in [0.2, 0.25) is 0 Å². The largest absolute Gasteiger partial charge is 0.399 e. The summed E-state index contributed by atoms with van der Waals surface area (Å²) in [5.74, 6) is 0. The van der Waals surface area contributed by atoms with Crippen molar-refractivity contribution in [2.75, 3.05) is 17.7 Å². The lowest BCUT2D eigenvalue weighted by Gasteiger charge is -2.25. The first-order chi connectivity index (χ1) is 6.65. The molecule has 0 saturated heterocycles. The van der Waals surface area contributed by atoms with Gasteiger partial charge in [-0.1, -0.05) is 0 Å². The zero-order valence-electron chi connectivity index (χ0n) is 8.57. The third-order valence-electron chi connectivity index (χ3n) is 2.35. The number of nitrogen functional groups attached to an aromatic ring is 1. The molecule has 0 aromatic heterocycles. The highest BCUT2D eigenvalue weighted by Crippen LogP contribution is 2.17. The predicted molar refractivity (Wildman–Crippen MR) is 58.9 cm³/mol. The predicted octanol–water partition coefficient (Wildman–Crippen LogP) is 2.01. The number of hydrogen-bond acceptors (Lipinski definition) is 3. The molecule has 1 aromatic carbocycles. The fraction of sp³-hybridized carbons (Fsp3) is 0.364. The standard InChI is InChI=1S/C11H15N3/c1-9(7-8-12)14(2)11-5-3-10(13)4-6-11/h3-6,9H,7,13H2,1-2H3. The van der Waals surface area contributed by atoms with E-state index in [9.17, 15) is 0 Å². The van der Waals surface area contributed by atoms with Crippen molar-refractivity contribution in [1.29, 1.82) is 5.26 Å². The second-order valence-corrected chi connectivity index (χ2v) is 3.41. The molecule has 74 valence electrons. The molecule has 3 nitrogen and oxygen atoms in total. The van der Waals surface area contributed by atoms with Crippen molar-refractivity contribution in [3.63, 3.8) is 0 Å². The number of hydrogen-bond donors (Lipinski definition) is 1. The molecule has 0 saturated carbocycles. The quantitative estimate of drug-likeness (QED) is 0.740. The lowest BCUT2D eigenvalue weighted by atomic mass is 10.2. The Morgan fingerprint density at radius 3 is 2.50 bits per heavy atom. The molecule has 1 rings (SSSR count). The Balaban J connectivity index is 2.74. The Hall–Kier alpha value is -1.69.